The van der Waals surface area contributed by atoms with E-state index in [9.17, 15) is 4.79 Å². The lowest BCUT2D eigenvalue weighted by atomic mass is 10.0. The fourth-order valence-corrected chi connectivity index (χ4v) is 3.22. The fraction of sp³-hybridized carbons (Fsp3) is 0.182. The SMILES string of the molecule is Cc1ccc(-c2csc(NC(=O)/C=C/c3ccc(C(C)C)cc3)n2)cc1. The molecule has 3 nitrogen and oxygen atoms in total. The van der Waals surface area contributed by atoms with Crippen LogP contribution in [0, 0.1) is 6.92 Å². The highest BCUT2D eigenvalue weighted by Crippen LogP contribution is 2.25. The zero-order valence-corrected chi connectivity index (χ0v) is 16.0. The molecule has 0 fully saturated rings. The Morgan fingerprint density at radius 2 is 1.77 bits per heavy atom. The van der Waals surface area contributed by atoms with Crippen LogP contribution in [0.4, 0.5) is 5.13 Å². The summed E-state index contributed by atoms with van der Waals surface area (Å²) in [5.41, 5.74) is 5.43. The summed E-state index contributed by atoms with van der Waals surface area (Å²) in [4.78, 5) is 16.6. The molecule has 0 saturated carbocycles. The molecular formula is C22H22N2OS. The van der Waals surface area contributed by atoms with Gasteiger partial charge in [-0.25, -0.2) is 4.98 Å². The molecule has 132 valence electrons. The first-order chi connectivity index (χ1) is 12.5. The molecule has 0 unspecified atom stereocenters. The molecule has 0 aliphatic carbocycles. The Hall–Kier alpha value is -2.72. The average molecular weight is 362 g/mol. The van der Waals surface area contributed by atoms with Crippen molar-refractivity contribution in [3.63, 3.8) is 0 Å². The molecule has 1 aromatic heterocycles. The quantitative estimate of drug-likeness (QED) is 0.575. The van der Waals surface area contributed by atoms with E-state index >= 15 is 0 Å². The number of hydrogen-bond acceptors (Lipinski definition) is 3. The lowest BCUT2D eigenvalue weighted by Gasteiger charge is -2.04. The molecule has 0 saturated heterocycles. The Kier molecular flexibility index (Phi) is 5.64. The highest BCUT2D eigenvalue weighted by molar-refractivity contribution is 7.14. The van der Waals surface area contributed by atoms with Crippen LogP contribution in [-0.4, -0.2) is 10.9 Å². The van der Waals surface area contributed by atoms with Crippen molar-refractivity contribution in [3.05, 3.63) is 76.7 Å². The van der Waals surface area contributed by atoms with Crippen LogP contribution < -0.4 is 5.32 Å². The van der Waals surface area contributed by atoms with Crippen LogP contribution >= 0.6 is 11.3 Å². The second-order valence-corrected chi connectivity index (χ2v) is 7.41. The molecule has 0 bridgehead atoms. The van der Waals surface area contributed by atoms with Gasteiger partial charge in [-0.15, -0.1) is 11.3 Å². The van der Waals surface area contributed by atoms with E-state index in [-0.39, 0.29) is 5.91 Å². The van der Waals surface area contributed by atoms with Crippen LogP contribution in [-0.2, 0) is 4.79 Å². The van der Waals surface area contributed by atoms with E-state index < -0.39 is 0 Å². The van der Waals surface area contributed by atoms with Gasteiger partial charge in [0.2, 0.25) is 5.91 Å². The number of aryl methyl sites for hydroxylation is 1. The Balaban J connectivity index is 1.62. The Morgan fingerprint density at radius 3 is 2.42 bits per heavy atom. The van der Waals surface area contributed by atoms with E-state index in [2.05, 4.69) is 55.3 Å². The van der Waals surface area contributed by atoms with Crippen LogP contribution in [0.3, 0.4) is 0 Å². The summed E-state index contributed by atoms with van der Waals surface area (Å²) in [5.74, 6) is 0.326. The lowest BCUT2D eigenvalue weighted by Crippen LogP contribution is -2.07. The molecule has 0 radical (unpaired) electrons. The van der Waals surface area contributed by atoms with Crippen molar-refractivity contribution in [2.75, 3.05) is 5.32 Å². The maximum absolute atomic E-state index is 12.1. The summed E-state index contributed by atoms with van der Waals surface area (Å²) < 4.78 is 0. The zero-order valence-electron chi connectivity index (χ0n) is 15.2. The second-order valence-electron chi connectivity index (χ2n) is 6.55. The highest BCUT2D eigenvalue weighted by Gasteiger charge is 2.06. The number of amides is 1. The van der Waals surface area contributed by atoms with Crippen molar-refractivity contribution >= 4 is 28.5 Å². The molecule has 0 aliphatic rings. The van der Waals surface area contributed by atoms with E-state index in [1.165, 1.54) is 28.5 Å². The Labute approximate surface area is 158 Å². The first-order valence-electron chi connectivity index (χ1n) is 8.63. The van der Waals surface area contributed by atoms with Gasteiger partial charge in [0.05, 0.1) is 5.69 Å². The standard InChI is InChI=1S/C22H22N2OS/c1-15(2)18-11-6-17(7-12-18)8-13-21(25)24-22-23-20(14-26-22)19-9-4-16(3)5-10-19/h4-15H,1-3H3,(H,23,24,25)/b13-8+. The maximum atomic E-state index is 12.1. The minimum Gasteiger partial charge on any atom is -0.298 e. The van der Waals surface area contributed by atoms with E-state index in [1.54, 1.807) is 0 Å². The number of anilines is 1. The zero-order chi connectivity index (χ0) is 18.5. The molecular weight excluding hydrogens is 340 g/mol. The summed E-state index contributed by atoms with van der Waals surface area (Å²) in [7, 11) is 0. The van der Waals surface area contributed by atoms with Crippen molar-refractivity contribution in [1.29, 1.82) is 0 Å². The molecule has 1 N–H and O–H groups in total. The number of carbonyl (C=O) groups excluding carboxylic acids is 1. The average Bonchev–Trinajstić information content (AvgIpc) is 3.09. The van der Waals surface area contributed by atoms with Gasteiger partial charge in [-0.1, -0.05) is 67.9 Å². The molecule has 2 aromatic carbocycles. The van der Waals surface area contributed by atoms with Gasteiger partial charge in [-0.3, -0.25) is 10.1 Å². The number of nitrogens with zero attached hydrogens (tertiary/aromatic N) is 1. The summed E-state index contributed by atoms with van der Waals surface area (Å²) in [6, 6.07) is 16.4. The van der Waals surface area contributed by atoms with E-state index in [0.29, 0.717) is 11.0 Å². The molecule has 3 aromatic rings. The minimum absolute atomic E-state index is 0.178. The molecule has 0 atom stereocenters. The van der Waals surface area contributed by atoms with Crippen molar-refractivity contribution in [2.45, 2.75) is 26.7 Å². The van der Waals surface area contributed by atoms with Crippen LogP contribution in [0.2, 0.25) is 0 Å². The van der Waals surface area contributed by atoms with Crippen molar-refractivity contribution in [3.8, 4) is 11.3 Å². The molecule has 0 aliphatic heterocycles. The number of benzene rings is 2. The van der Waals surface area contributed by atoms with Gasteiger partial charge in [0.1, 0.15) is 0 Å². The fourth-order valence-electron chi connectivity index (χ4n) is 2.50. The molecule has 3 rings (SSSR count). The molecule has 4 heteroatoms. The number of nitrogens with one attached hydrogen (secondary N) is 1. The molecule has 26 heavy (non-hydrogen) atoms. The predicted octanol–water partition coefficient (Wildman–Crippen LogP) is 5.89. The Bertz CT molecular complexity index is 906. The van der Waals surface area contributed by atoms with Gasteiger partial charge in [0.25, 0.3) is 0 Å². The molecule has 1 amide bonds. The topological polar surface area (TPSA) is 42.0 Å². The summed E-state index contributed by atoms with van der Waals surface area (Å²) in [5, 5.41) is 5.38. The van der Waals surface area contributed by atoms with Crippen LogP contribution in [0.15, 0.2) is 60.0 Å². The van der Waals surface area contributed by atoms with Crippen molar-refractivity contribution in [2.24, 2.45) is 0 Å². The minimum atomic E-state index is -0.178. The third-order valence-electron chi connectivity index (χ3n) is 4.11. The van der Waals surface area contributed by atoms with Crippen LogP contribution in [0.5, 0.6) is 0 Å². The van der Waals surface area contributed by atoms with Crippen LogP contribution in [0.1, 0.15) is 36.5 Å². The largest absolute Gasteiger partial charge is 0.298 e. The van der Waals surface area contributed by atoms with E-state index in [4.69, 9.17) is 0 Å². The van der Waals surface area contributed by atoms with Gasteiger partial charge < -0.3 is 0 Å². The first kappa shape index (κ1) is 18.1. The summed E-state index contributed by atoms with van der Waals surface area (Å²) >= 11 is 1.43. The second kappa shape index (κ2) is 8.11. The maximum Gasteiger partial charge on any atom is 0.250 e. The highest BCUT2D eigenvalue weighted by atomic mass is 32.1. The lowest BCUT2D eigenvalue weighted by molar-refractivity contribution is -0.111. The molecule has 0 spiro atoms. The van der Waals surface area contributed by atoms with Gasteiger partial charge in [-0.05, 0) is 30.0 Å². The summed E-state index contributed by atoms with van der Waals surface area (Å²) in [6.45, 7) is 6.38. The van der Waals surface area contributed by atoms with Crippen molar-refractivity contribution < 1.29 is 4.79 Å². The molecule has 1 heterocycles. The monoisotopic (exact) mass is 362 g/mol. The van der Waals surface area contributed by atoms with Crippen LogP contribution in [0.25, 0.3) is 17.3 Å². The van der Waals surface area contributed by atoms with E-state index in [1.807, 2.05) is 35.7 Å². The predicted molar refractivity (Wildman–Crippen MR) is 110 cm³/mol. The smallest absolute Gasteiger partial charge is 0.250 e. The first-order valence-corrected chi connectivity index (χ1v) is 9.51. The Morgan fingerprint density at radius 1 is 1.08 bits per heavy atom. The number of rotatable bonds is 5. The van der Waals surface area contributed by atoms with Crippen molar-refractivity contribution in [1.82, 2.24) is 4.98 Å². The van der Waals surface area contributed by atoms with Gasteiger partial charge in [-0.2, -0.15) is 0 Å². The van der Waals surface area contributed by atoms with E-state index in [0.717, 1.165) is 16.8 Å². The third-order valence-corrected chi connectivity index (χ3v) is 4.87. The van der Waals surface area contributed by atoms with Gasteiger partial charge in [0.15, 0.2) is 5.13 Å². The van der Waals surface area contributed by atoms with Gasteiger partial charge >= 0.3 is 0 Å². The normalized spacial score (nSPS) is 11.2. The summed E-state index contributed by atoms with van der Waals surface area (Å²) in [6.07, 6.45) is 3.35. The number of carbonyl (C=O) groups is 1. The number of hydrogen-bond donors (Lipinski definition) is 1. The number of thiazole rings is 1. The third kappa shape index (κ3) is 4.67. The number of aromatic nitrogens is 1. The van der Waals surface area contributed by atoms with Gasteiger partial charge in [0, 0.05) is 17.0 Å².